The number of unbranched alkanes of at least 4 members (excludes halogenated alkanes) is 1. The fourth-order valence-corrected chi connectivity index (χ4v) is 1.73. The zero-order chi connectivity index (χ0) is 17.8. The van der Waals surface area contributed by atoms with E-state index in [0.717, 1.165) is 22.3 Å². The summed E-state index contributed by atoms with van der Waals surface area (Å²) in [6.07, 6.45) is 4.03. The van der Waals surface area contributed by atoms with Crippen molar-refractivity contribution in [3.05, 3.63) is 29.5 Å². The van der Waals surface area contributed by atoms with Crippen molar-refractivity contribution in [2.45, 2.75) is 80.8 Å². The van der Waals surface area contributed by atoms with Crippen molar-refractivity contribution in [2.75, 3.05) is 0 Å². The van der Waals surface area contributed by atoms with Gasteiger partial charge in [0.2, 0.25) is 5.88 Å². The maximum absolute atomic E-state index is 5.57. The van der Waals surface area contributed by atoms with Gasteiger partial charge in [0.15, 0.2) is 0 Å². The average molecular weight is 319 g/mol. The molecule has 0 N–H and O–H groups in total. The van der Waals surface area contributed by atoms with E-state index in [1.165, 1.54) is 19.3 Å². The van der Waals surface area contributed by atoms with E-state index >= 15 is 0 Å². The first-order chi connectivity index (χ1) is 10.9. The molecule has 0 radical (unpaired) electrons. The minimum Gasteiger partial charge on any atom is -0.475 e. The molecule has 0 aliphatic carbocycles. The number of hydrogen-bond acceptors (Lipinski definition) is 3. The van der Waals surface area contributed by atoms with Gasteiger partial charge in [0.05, 0.1) is 17.1 Å². The summed E-state index contributed by atoms with van der Waals surface area (Å²) < 4.78 is 5.57. The minimum atomic E-state index is 0.142. The highest BCUT2D eigenvalue weighted by atomic mass is 16.5. The summed E-state index contributed by atoms with van der Waals surface area (Å²) in [5.41, 5.74) is 4.00. The molecule has 0 spiro atoms. The average Bonchev–Trinajstić information content (AvgIpc) is 2.48. The summed E-state index contributed by atoms with van der Waals surface area (Å²) in [6.45, 7) is 16.6. The molecule has 130 valence electrons. The van der Waals surface area contributed by atoms with E-state index < -0.39 is 0 Å². The molecule has 0 atom stereocenters. The smallest absolute Gasteiger partial charge is 0.214 e. The normalized spacial score (nSPS) is 9.78. The van der Waals surface area contributed by atoms with Gasteiger partial charge in [-0.05, 0) is 45.4 Å². The fraction of sp³-hybridized carbons (Fsp3) is 0.600. The van der Waals surface area contributed by atoms with Gasteiger partial charge in [-0.2, -0.15) is 0 Å². The highest BCUT2D eigenvalue weighted by Gasteiger charge is 2.05. The summed E-state index contributed by atoms with van der Waals surface area (Å²) in [5.74, 6) is 0.663. The van der Waals surface area contributed by atoms with E-state index in [9.17, 15) is 0 Å². The van der Waals surface area contributed by atoms with E-state index in [0.29, 0.717) is 5.88 Å². The molecule has 0 aliphatic heterocycles. The lowest BCUT2D eigenvalue weighted by Crippen LogP contribution is -2.07. The summed E-state index contributed by atoms with van der Waals surface area (Å²) in [6, 6.07) is 5.86. The molecule has 0 bridgehead atoms. The molecule has 23 heavy (non-hydrogen) atoms. The van der Waals surface area contributed by atoms with Crippen LogP contribution in [0.5, 0.6) is 5.88 Å². The zero-order valence-electron chi connectivity index (χ0n) is 16.2. The highest BCUT2D eigenvalue weighted by molar-refractivity contribution is 5.78. The molecule has 2 aromatic heterocycles. The third-order valence-corrected chi connectivity index (χ3v) is 2.80. The largest absolute Gasteiger partial charge is 0.475 e. The molecule has 0 saturated heterocycles. The van der Waals surface area contributed by atoms with Crippen molar-refractivity contribution >= 4 is 11.0 Å². The van der Waals surface area contributed by atoms with Crippen molar-refractivity contribution in [1.29, 1.82) is 0 Å². The van der Waals surface area contributed by atoms with Gasteiger partial charge in [-0.25, -0.2) is 4.98 Å². The second-order valence-electron chi connectivity index (χ2n) is 5.97. The Labute approximate surface area is 142 Å². The number of ether oxygens (including phenoxy) is 1. The SMILES string of the molecule is CCC.CCCC.Cc1cc(C)c2nc(OC(C)C)ccc2n1. The number of rotatable bonds is 3. The highest BCUT2D eigenvalue weighted by Crippen LogP contribution is 2.19. The Bertz CT molecular complexity index is 563. The topological polar surface area (TPSA) is 35.0 Å². The van der Waals surface area contributed by atoms with Gasteiger partial charge < -0.3 is 4.74 Å². The van der Waals surface area contributed by atoms with Crippen molar-refractivity contribution in [3.63, 3.8) is 0 Å². The third kappa shape index (κ3) is 8.53. The Morgan fingerprint density at radius 2 is 1.52 bits per heavy atom. The quantitative estimate of drug-likeness (QED) is 0.670. The molecule has 0 unspecified atom stereocenters. The van der Waals surface area contributed by atoms with Gasteiger partial charge in [-0.15, -0.1) is 0 Å². The maximum Gasteiger partial charge on any atom is 0.214 e. The molecule has 2 rings (SSSR count). The first-order valence-electron chi connectivity index (χ1n) is 8.81. The van der Waals surface area contributed by atoms with E-state index in [1.807, 2.05) is 45.9 Å². The van der Waals surface area contributed by atoms with Gasteiger partial charge in [0, 0.05) is 11.8 Å². The van der Waals surface area contributed by atoms with Gasteiger partial charge in [0.25, 0.3) is 0 Å². The van der Waals surface area contributed by atoms with Crippen molar-refractivity contribution < 1.29 is 4.74 Å². The molecule has 3 heteroatoms. The van der Waals surface area contributed by atoms with Gasteiger partial charge >= 0.3 is 0 Å². The molecular formula is C20H34N2O. The Kier molecular flexibility index (Phi) is 11.0. The second-order valence-corrected chi connectivity index (χ2v) is 5.97. The fourth-order valence-electron chi connectivity index (χ4n) is 1.73. The first kappa shape index (κ1) is 21.4. The third-order valence-electron chi connectivity index (χ3n) is 2.80. The minimum absolute atomic E-state index is 0.142. The van der Waals surface area contributed by atoms with Crippen LogP contribution in [-0.2, 0) is 0 Å². The van der Waals surface area contributed by atoms with Crippen LogP contribution in [-0.4, -0.2) is 16.1 Å². The first-order valence-corrected chi connectivity index (χ1v) is 8.81. The van der Waals surface area contributed by atoms with Crippen LogP contribution in [0, 0.1) is 13.8 Å². The number of aryl methyl sites for hydroxylation is 2. The summed E-state index contributed by atoms with van der Waals surface area (Å²) >= 11 is 0. The van der Waals surface area contributed by atoms with E-state index in [1.54, 1.807) is 0 Å². The Hall–Kier alpha value is -1.64. The number of fused-ring (bicyclic) bond motifs is 1. The molecule has 3 nitrogen and oxygen atoms in total. The van der Waals surface area contributed by atoms with Crippen LogP contribution in [0.1, 0.15) is 72.1 Å². The molecule has 0 amide bonds. The van der Waals surface area contributed by atoms with Gasteiger partial charge in [0.1, 0.15) is 0 Å². The maximum atomic E-state index is 5.57. The summed E-state index contributed by atoms with van der Waals surface area (Å²) in [5, 5.41) is 0. The molecular weight excluding hydrogens is 284 g/mol. The van der Waals surface area contributed by atoms with Gasteiger partial charge in [-0.1, -0.05) is 47.0 Å². The number of hydrogen-bond donors (Lipinski definition) is 0. The molecule has 2 heterocycles. The van der Waals surface area contributed by atoms with E-state index in [2.05, 4.69) is 37.7 Å². The molecule has 0 aromatic carbocycles. The van der Waals surface area contributed by atoms with E-state index in [4.69, 9.17) is 4.74 Å². The van der Waals surface area contributed by atoms with Gasteiger partial charge in [-0.3, -0.25) is 4.98 Å². The van der Waals surface area contributed by atoms with Crippen LogP contribution in [0.2, 0.25) is 0 Å². The number of nitrogens with zero attached hydrogens (tertiary/aromatic N) is 2. The lowest BCUT2D eigenvalue weighted by Gasteiger charge is -2.10. The predicted molar refractivity (Wildman–Crippen MR) is 101 cm³/mol. The number of pyridine rings is 2. The zero-order valence-corrected chi connectivity index (χ0v) is 16.2. The lowest BCUT2D eigenvalue weighted by atomic mass is 10.2. The molecule has 0 fully saturated rings. The predicted octanol–water partition coefficient (Wildman–Crippen LogP) is 6.26. The van der Waals surface area contributed by atoms with Crippen LogP contribution >= 0.6 is 0 Å². The van der Waals surface area contributed by atoms with Crippen LogP contribution in [0.15, 0.2) is 18.2 Å². The lowest BCUT2D eigenvalue weighted by molar-refractivity contribution is 0.233. The standard InChI is InChI=1S/C13H16N2O.C4H10.C3H8/c1-8(2)16-12-6-5-11-13(15-12)9(3)7-10(4)14-11;1-3-4-2;1-3-2/h5-8H,1-4H3;3-4H2,1-2H3;3H2,1-2H3. The second kappa shape index (κ2) is 11.9. The summed E-state index contributed by atoms with van der Waals surface area (Å²) in [7, 11) is 0. The van der Waals surface area contributed by atoms with Crippen molar-refractivity contribution in [3.8, 4) is 5.88 Å². The van der Waals surface area contributed by atoms with Crippen LogP contribution in [0.3, 0.4) is 0 Å². The number of aromatic nitrogens is 2. The molecule has 0 aliphatic rings. The molecule has 0 saturated carbocycles. The molecule has 2 aromatic rings. The Balaban J connectivity index is 0.000000591. The monoisotopic (exact) mass is 318 g/mol. The van der Waals surface area contributed by atoms with Crippen LogP contribution in [0.25, 0.3) is 11.0 Å². The van der Waals surface area contributed by atoms with Crippen LogP contribution in [0.4, 0.5) is 0 Å². The Morgan fingerprint density at radius 3 is 2.00 bits per heavy atom. The summed E-state index contributed by atoms with van der Waals surface area (Å²) in [4.78, 5) is 8.91. The Morgan fingerprint density at radius 1 is 0.957 bits per heavy atom. The van der Waals surface area contributed by atoms with Crippen molar-refractivity contribution in [2.24, 2.45) is 0 Å². The van der Waals surface area contributed by atoms with E-state index in [-0.39, 0.29) is 6.10 Å². The van der Waals surface area contributed by atoms with Crippen LogP contribution < -0.4 is 4.74 Å². The van der Waals surface area contributed by atoms with Crippen molar-refractivity contribution in [1.82, 2.24) is 9.97 Å².